The highest BCUT2D eigenvalue weighted by Crippen LogP contribution is 2.31. The molecule has 0 bridgehead atoms. The predicted octanol–water partition coefficient (Wildman–Crippen LogP) is 1.86. The zero-order valence-corrected chi connectivity index (χ0v) is 17.1. The van der Waals surface area contributed by atoms with E-state index in [4.69, 9.17) is 0 Å². The summed E-state index contributed by atoms with van der Waals surface area (Å²) in [6.07, 6.45) is 3.64. The van der Waals surface area contributed by atoms with Crippen molar-refractivity contribution in [3.8, 4) is 11.1 Å². The Labute approximate surface area is 165 Å². The molecule has 4 rings (SSSR count). The van der Waals surface area contributed by atoms with E-state index in [1.165, 1.54) is 8.61 Å². The number of aromatic nitrogens is 3. The third-order valence-corrected chi connectivity index (χ3v) is 7.17. The van der Waals surface area contributed by atoms with Gasteiger partial charge in [-0.15, -0.1) is 0 Å². The molecule has 28 heavy (non-hydrogen) atoms. The molecule has 8 nitrogen and oxygen atoms in total. The van der Waals surface area contributed by atoms with Crippen LogP contribution in [0, 0.1) is 6.92 Å². The summed E-state index contributed by atoms with van der Waals surface area (Å²) < 4.78 is 27.5. The number of nitrogens with one attached hydrogen (secondary N) is 1. The molecule has 0 radical (unpaired) electrons. The molecule has 0 amide bonds. The van der Waals surface area contributed by atoms with Crippen LogP contribution in [-0.2, 0) is 10.2 Å². The van der Waals surface area contributed by atoms with E-state index >= 15 is 0 Å². The van der Waals surface area contributed by atoms with Gasteiger partial charge in [-0.05, 0) is 30.7 Å². The fourth-order valence-corrected chi connectivity index (χ4v) is 4.69. The summed E-state index contributed by atoms with van der Waals surface area (Å²) in [5.74, 6) is 0. The van der Waals surface area contributed by atoms with E-state index in [2.05, 4.69) is 32.2 Å². The second kappa shape index (κ2) is 7.16. The Morgan fingerprint density at radius 2 is 1.86 bits per heavy atom. The molecule has 148 valence electrons. The largest absolute Gasteiger partial charge is 0.368 e. The Balaban J connectivity index is 1.65. The second-order valence-corrected chi connectivity index (χ2v) is 9.29. The van der Waals surface area contributed by atoms with Gasteiger partial charge >= 0.3 is 0 Å². The number of piperazine rings is 1. The molecule has 3 heterocycles. The van der Waals surface area contributed by atoms with Crippen molar-refractivity contribution in [2.45, 2.75) is 6.92 Å². The molecule has 9 heteroatoms. The third-order valence-electron chi connectivity index (χ3n) is 5.23. The molecule has 1 saturated heterocycles. The maximum Gasteiger partial charge on any atom is 0.281 e. The van der Waals surface area contributed by atoms with Crippen molar-refractivity contribution < 1.29 is 8.42 Å². The van der Waals surface area contributed by atoms with Crippen LogP contribution < -0.4 is 4.90 Å². The van der Waals surface area contributed by atoms with Crippen molar-refractivity contribution in [2.75, 3.05) is 45.2 Å². The molecule has 0 aliphatic carbocycles. The summed E-state index contributed by atoms with van der Waals surface area (Å²) in [6, 6.07) is 8.22. The van der Waals surface area contributed by atoms with Gasteiger partial charge in [-0.1, -0.05) is 6.07 Å². The van der Waals surface area contributed by atoms with Crippen LogP contribution in [0.15, 0.2) is 36.7 Å². The number of anilines is 1. The number of hydrogen-bond donors (Lipinski definition) is 1. The Kier molecular flexibility index (Phi) is 4.82. The number of nitrogens with zero attached hydrogens (tertiary/aromatic N) is 5. The normalized spacial score (nSPS) is 16.2. The number of aromatic amines is 1. The van der Waals surface area contributed by atoms with E-state index in [9.17, 15) is 8.42 Å². The Morgan fingerprint density at radius 3 is 2.50 bits per heavy atom. The quantitative estimate of drug-likeness (QED) is 0.723. The predicted molar refractivity (Wildman–Crippen MR) is 110 cm³/mol. The summed E-state index contributed by atoms with van der Waals surface area (Å²) >= 11 is 0. The van der Waals surface area contributed by atoms with Crippen LogP contribution in [-0.4, -0.2) is 72.5 Å². The Bertz CT molecular complexity index is 1100. The minimum Gasteiger partial charge on any atom is -0.368 e. The van der Waals surface area contributed by atoms with Gasteiger partial charge in [0.1, 0.15) is 0 Å². The van der Waals surface area contributed by atoms with E-state index in [1.807, 2.05) is 31.5 Å². The second-order valence-electron chi connectivity index (χ2n) is 7.15. The smallest absolute Gasteiger partial charge is 0.281 e. The van der Waals surface area contributed by atoms with Crippen LogP contribution in [0.2, 0.25) is 0 Å². The molecule has 1 aliphatic rings. The molecular formula is C19H24N6O2S. The molecule has 1 N–H and O–H groups in total. The van der Waals surface area contributed by atoms with Gasteiger partial charge in [0.15, 0.2) is 0 Å². The fourth-order valence-electron chi connectivity index (χ4n) is 3.61. The van der Waals surface area contributed by atoms with E-state index in [-0.39, 0.29) is 0 Å². The number of fused-ring (bicyclic) bond motifs is 1. The molecule has 0 atom stereocenters. The van der Waals surface area contributed by atoms with Crippen molar-refractivity contribution >= 4 is 26.8 Å². The summed E-state index contributed by atoms with van der Waals surface area (Å²) in [7, 11) is -0.238. The summed E-state index contributed by atoms with van der Waals surface area (Å²) in [5, 5.41) is 8.16. The first-order valence-electron chi connectivity index (χ1n) is 9.19. The first-order valence-corrected chi connectivity index (χ1v) is 10.6. The zero-order valence-electron chi connectivity index (χ0n) is 16.3. The van der Waals surface area contributed by atoms with Gasteiger partial charge < -0.3 is 4.90 Å². The number of hydrogen-bond acceptors (Lipinski definition) is 5. The van der Waals surface area contributed by atoms with Gasteiger partial charge in [-0.3, -0.25) is 10.1 Å². The van der Waals surface area contributed by atoms with Gasteiger partial charge in [0.2, 0.25) is 0 Å². The van der Waals surface area contributed by atoms with Crippen LogP contribution in [0.1, 0.15) is 5.69 Å². The van der Waals surface area contributed by atoms with Gasteiger partial charge in [0, 0.05) is 68.8 Å². The van der Waals surface area contributed by atoms with Crippen molar-refractivity contribution in [1.82, 2.24) is 23.8 Å². The molecular weight excluding hydrogens is 376 g/mol. The molecule has 0 unspecified atom stereocenters. The lowest BCUT2D eigenvalue weighted by atomic mass is 10.0. The highest BCUT2D eigenvalue weighted by molar-refractivity contribution is 7.86. The minimum atomic E-state index is -3.37. The lowest BCUT2D eigenvalue weighted by molar-refractivity contribution is 0.356. The topological polar surface area (TPSA) is 85.4 Å². The molecule has 0 saturated carbocycles. The molecule has 2 aromatic heterocycles. The van der Waals surface area contributed by atoms with Crippen molar-refractivity contribution in [3.05, 3.63) is 42.4 Å². The van der Waals surface area contributed by atoms with Gasteiger partial charge in [0.05, 0.1) is 11.7 Å². The van der Waals surface area contributed by atoms with Crippen LogP contribution in [0.3, 0.4) is 0 Å². The average Bonchev–Trinajstić information content (AvgIpc) is 3.13. The number of aryl methyl sites for hydroxylation is 1. The summed E-state index contributed by atoms with van der Waals surface area (Å²) in [6.45, 7) is 4.21. The first kappa shape index (κ1) is 18.9. The number of pyridine rings is 1. The minimum absolute atomic E-state index is 0.463. The highest BCUT2D eigenvalue weighted by Gasteiger charge is 2.29. The van der Waals surface area contributed by atoms with Gasteiger partial charge in [-0.2, -0.15) is 22.1 Å². The van der Waals surface area contributed by atoms with Crippen LogP contribution in [0.4, 0.5) is 5.69 Å². The third kappa shape index (κ3) is 3.25. The molecule has 0 spiro atoms. The van der Waals surface area contributed by atoms with Crippen LogP contribution >= 0.6 is 0 Å². The van der Waals surface area contributed by atoms with Crippen molar-refractivity contribution in [2.24, 2.45) is 0 Å². The summed E-state index contributed by atoms with van der Waals surface area (Å²) in [4.78, 5) is 6.73. The van der Waals surface area contributed by atoms with E-state index in [1.54, 1.807) is 14.1 Å². The molecule has 1 fully saturated rings. The maximum absolute atomic E-state index is 12.4. The number of rotatable bonds is 4. The van der Waals surface area contributed by atoms with E-state index < -0.39 is 10.2 Å². The standard InChI is InChI=1S/C19H24N6O2S/c1-14-17(13-21-22-14)15-4-5-18-16(12-15)19(6-7-20-18)24-8-10-25(11-9-24)28(26,27)23(2)3/h4-7,12-13H,8-11H2,1-3H3,(H,21,22). The lowest BCUT2D eigenvalue weighted by Gasteiger charge is -2.36. The molecule has 1 aliphatic heterocycles. The van der Waals surface area contributed by atoms with Gasteiger partial charge in [-0.25, -0.2) is 0 Å². The van der Waals surface area contributed by atoms with E-state index in [0.29, 0.717) is 26.2 Å². The summed E-state index contributed by atoms with van der Waals surface area (Å²) in [5.41, 5.74) is 5.17. The lowest BCUT2D eigenvalue weighted by Crippen LogP contribution is -2.51. The van der Waals surface area contributed by atoms with E-state index in [0.717, 1.165) is 33.4 Å². The molecule has 3 aromatic rings. The monoisotopic (exact) mass is 400 g/mol. The Morgan fingerprint density at radius 1 is 1.11 bits per heavy atom. The number of H-pyrrole nitrogens is 1. The number of benzene rings is 1. The van der Waals surface area contributed by atoms with Crippen molar-refractivity contribution in [1.29, 1.82) is 0 Å². The maximum atomic E-state index is 12.4. The van der Waals surface area contributed by atoms with Crippen molar-refractivity contribution in [3.63, 3.8) is 0 Å². The van der Waals surface area contributed by atoms with Gasteiger partial charge in [0.25, 0.3) is 10.2 Å². The highest BCUT2D eigenvalue weighted by atomic mass is 32.2. The zero-order chi connectivity index (χ0) is 19.9. The first-order chi connectivity index (χ1) is 13.4. The van der Waals surface area contributed by atoms with Crippen LogP contribution in [0.5, 0.6) is 0 Å². The van der Waals surface area contributed by atoms with Crippen LogP contribution in [0.25, 0.3) is 22.0 Å². The SMILES string of the molecule is Cc1[nH]ncc1-c1ccc2nccc(N3CCN(S(=O)(=O)N(C)C)CC3)c2c1. The fraction of sp³-hybridized carbons (Fsp3) is 0.368. The average molecular weight is 401 g/mol. The molecule has 1 aromatic carbocycles. The Hall–Kier alpha value is -2.49.